The van der Waals surface area contributed by atoms with Crippen LogP contribution in [0, 0.1) is 13.8 Å². The number of rotatable bonds is 3. The molecular formula is C12H13N5S. The number of fused-ring (bicyclic) bond motifs is 1. The number of hydrogen-bond acceptors (Lipinski definition) is 5. The molecule has 3 aromatic rings. The van der Waals surface area contributed by atoms with Crippen LogP contribution in [0.2, 0.25) is 0 Å². The van der Waals surface area contributed by atoms with Gasteiger partial charge in [0.25, 0.3) is 0 Å². The summed E-state index contributed by atoms with van der Waals surface area (Å²) in [5, 5.41) is 8.63. The molecule has 0 spiro atoms. The Labute approximate surface area is 109 Å². The largest absolute Gasteiger partial charge is 0.363 e. The van der Waals surface area contributed by atoms with E-state index < -0.39 is 0 Å². The van der Waals surface area contributed by atoms with E-state index in [2.05, 4.69) is 33.4 Å². The quantitative estimate of drug-likeness (QED) is 0.784. The lowest BCUT2D eigenvalue weighted by molar-refractivity contribution is 0.938. The van der Waals surface area contributed by atoms with Gasteiger partial charge in [-0.3, -0.25) is 0 Å². The van der Waals surface area contributed by atoms with Crippen LogP contribution in [-0.4, -0.2) is 19.6 Å². The van der Waals surface area contributed by atoms with Crippen LogP contribution in [-0.2, 0) is 6.54 Å². The van der Waals surface area contributed by atoms with E-state index in [1.54, 1.807) is 22.2 Å². The van der Waals surface area contributed by atoms with Gasteiger partial charge in [-0.1, -0.05) is 0 Å². The van der Waals surface area contributed by atoms with Gasteiger partial charge >= 0.3 is 0 Å². The summed E-state index contributed by atoms with van der Waals surface area (Å²) in [6, 6.07) is 4.06. The maximum Gasteiger partial charge on any atom is 0.157 e. The van der Waals surface area contributed by atoms with Crippen molar-refractivity contribution in [1.82, 2.24) is 19.6 Å². The van der Waals surface area contributed by atoms with Crippen molar-refractivity contribution in [2.75, 3.05) is 5.32 Å². The molecule has 0 saturated carbocycles. The number of thiazole rings is 1. The van der Waals surface area contributed by atoms with E-state index in [-0.39, 0.29) is 0 Å². The minimum atomic E-state index is 0.705. The standard InChI is InChI=1S/C12H13N5S/c1-8-3-10(17-11(4-8)15-7-16-17)13-6-12-14-5-9(2)18-12/h3-5,7,13H,6H2,1-2H3. The summed E-state index contributed by atoms with van der Waals surface area (Å²) < 4.78 is 1.80. The van der Waals surface area contributed by atoms with Gasteiger partial charge in [0.1, 0.15) is 17.2 Å². The third-order valence-electron chi connectivity index (χ3n) is 2.61. The van der Waals surface area contributed by atoms with Gasteiger partial charge in [0.05, 0.1) is 6.54 Å². The van der Waals surface area contributed by atoms with Crippen LogP contribution < -0.4 is 5.32 Å². The Balaban J connectivity index is 1.87. The normalized spacial score (nSPS) is 11.0. The minimum absolute atomic E-state index is 0.705. The van der Waals surface area contributed by atoms with Crippen molar-refractivity contribution >= 4 is 22.8 Å². The van der Waals surface area contributed by atoms with Crippen LogP contribution in [0.3, 0.4) is 0 Å². The van der Waals surface area contributed by atoms with Crippen molar-refractivity contribution in [2.24, 2.45) is 0 Å². The molecule has 0 aromatic carbocycles. The highest BCUT2D eigenvalue weighted by atomic mass is 32.1. The number of hydrogen-bond donors (Lipinski definition) is 1. The average molecular weight is 259 g/mol. The zero-order valence-corrected chi connectivity index (χ0v) is 11.0. The highest BCUT2D eigenvalue weighted by molar-refractivity contribution is 7.11. The molecule has 0 radical (unpaired) electrons. The van der Waals surface area contributed by atoms with E-state index in [4.69, 9.17) is 0 Å². The molecule has 0 aliphatic carbocycles. The Hall–Kier alpha value is -1.95. The van der Waals surface area contributed by atoms with Gasteiger partial charge in [-0.05, 0) is 31.5 Å². The van der Waals surface area contributed by atoms with Crippen molar-refractivity contribution in [3.63, 3.8) is 0 Å². The molecule has 3 rings (SSSR count). The first-order valence-electron chi connectivity index (χ1n) is 5.68. The Kier molecular flexibility index (Phi) is 2.71. The fourth-order valence-corrected chi connectivity index (χ4v) is 2.56. The molecule has 3 aromatic heterocycles. The van der Waals surface area contributed by atoms with Crippen LogP contribution in [0.1, 0.15) is 15.4 Å². The van der Waals surface area contributed by atoms with Crippen LogP contribution >= 0.6 is 11.3 Å². The first kappa shape index (κ1) is 11.2. The van der Waals surface area contributed by atoms with Crippen LogP contribution in [0.5, 0.6) is 0 Å². The second-order valence-corrected chi connectivity index (χ2v) is 5.49. The zero-order chi connectivity index (χ0) is 12.5. The lowest BCUT2D eigenvalue weighted by Gasteiger charge is -2.07. The highest BCUT2D eigenvalue weighted by Crippen LogP contribution is 2.16. The fourth-order valence-electron chi connectivity index (χ4n) is 1.83. The summed E-state index contributed by atoms with van der Waals surface area (Å²) in [5.41, 5.74) is 2.01. The molecule has 0 bridgehead atoms. The van der Waals surface area contributed by atoms with Crippen molar-refractivity contribution < 1.29 is 0 Å². The van der Waals surface area contributed by atoms with Gasteiger partial charge in [0.15, 0.2) is 5.65 Å². The van der Waals surface area contributed by atoms with E-state index in [1.165, 1.54) is 4.88 Å². The lowest BCUT2D eigenvalue weighted by atomic mass is 10.3. The highest BCUT2D eigenvalue weighted by Gasteiger charge is 2.05. The fraction of sp³-hybridized carbons (Fsp3) is 0.250. The SMILES string of the molecule is Cc1cc(NCc2ncc(C)s2)n2ncnc2c1. The molecule has 3 heterocycles. The Bertz CT molecular complexity index is 685. The Morgan fingerprint density at radius 1 is 1.28 bits per heavy atom. The van der Waals surface area contributed by atoms with Crippen LogP contribution in [0.15, 0.2) is 24.7 Å². The van der Waals surface area contributed by atoms with E-state index in [0.717, 1.165) is 22.0 Å². The molecule has 18 heavy (non-hydrogen) atoms. The number of nitrogens with zero attached hydrogens (tertiary/aromatic N) is 4. The summed E-state index contributed by atoms with van der Waals surface area (Å²) in [6.07, 6.45) is 3.45. The minimum Gasteiger partial charge on any atom is -0.363 e. The van der Waals surface area contributed by atoms with Crippen molar-refractivity contribution in [2.45, 2.75) is 20.4 Å². The molecule has 0 atom stereocenters. The predicted molar refractivity (Wildman–Crippen MR) is 71.9 cm³/mol. The topological polar surface area (TPSA) is 55.1 Å². The summed E-state index contributed by atoms with van der Waals surface area (Å²) in [7, 11) is 0. The summed E-state index contributed by atoms with van der Waals surface area (Å²) in [5.74, 6) is 0.940. The molecule has 0 fully saturated rings. The third kappa shape index (κ3) is 2.06. The summed E-state index contributed by atoms with van der Waals surface area (Å²) in [6.45, 7) is 4.81. The number of aromatic nitrogens is 4. The molecule has 0 saturated heterocycles. The predicted octanol–water partition coefficient (Wildman–Crippen LogP) is 2.41. The van der Waals surface area contributed by atoms with E-state index in [9.17, 15) is 0 Å². The van der Waals surface area contributed by atoms with E-state index in [0.29, 0.717) is 6.54 Å². The molecule has 0 aliphatic rings. The first-order chi connectivity index (χ1) is 8.72. The van der Waals surface area contributed by atoms with Gasteiger partial charge in [0, 0.05) is 11.1 Å². The Morgan fingerprint density at radius 2 is 2.17 bits per heavy atom. The number of pyridine rings is 1. The molecule has 92 valence electrons. The molecule has 0 amide bonds. The number of aryl methyl sites for hydroxylation is 2. The number of anilines is 1. The maximum atomic E-state index is 4.33. The zero-order valence-electron chi connectivity index (χ0n) is 10.2. The van der Waals surface area contributed by atoms with E-state index >= 15 is 0 Å². The third-order valence-corrected chi connectivity index (χ3v) is 3.53. The van der Waals surface area contributed by atoms with Gasteiger partial charge in [-0.25, -0.2) is 9.97 Å². The van der Waals surface area contributed by atoms with Crippen molar-refractivity contribution in [1.29, 1.82) is 0 Å². The van der Waals surface area contributed by atoms with E-state index in [1.807, 2.05) is 19.2 Å². The molecule has 0 unspecified atom stereocenters. The molecule has 6 heteroatoms. The lowest BCUT2D eigenvalue weighted by Crippen LogP contribution is -2.05. The molecule has 5 nitrogen and oxygen atoms in total. The molecular weight excluding hydrogens is 246 g/mol. The van der Waals surface area contributed by atoms with Crippen LogP contribution in [0.25, 0.3) is 5.65 Å². The average Bonchev–Trinajstić information content (AvgIpc) is 2.94. The monoisotopic (exact) mass is 259 g/mol. The van der Waals surface area contributed by atoms with Gasteiger partial charge < -0.3 is 5.32 Å². The van der Waals surface area contributed by atoms with Crippen molar-refractivity contribution in [3.8, 4) is 0 Å². The summed E-state index contributed by atoms with van der Waals surface area (Å²) >= 11 is 1.70. The van der Waals surface area contributed by atoms with Crippen LogP contribution in [0.4, 0.5) is 5.82 Å². The first-order valence-corrected chi connectivity index (χ1v) is 6.49. The maximum absolute atomic E-state index is 4.33. The second-order valence-electron chi connectivity index (χ2n) is 4.17. The molecule has 1 N–H and O–H groups in total. The van der Waals surface area contributed by atoms with Gasteiger partial charge in [-0.2, -0.15) is 9.61 Å². The van der Waals surface area contributed by atoms with Gasteiger partial charge in [0.2, 0.25) is 0 Å². The Morgan fingerprint density at radius 3 is 2.94 bits per heavy atom. The second kappa shape index (κ2) is 4.38. The van der Waals surface area contributed by atoms with Crippen molar-refractivity contribution in [3.05, 3.63) is 40.1 Å². The smallest absolute Gasteiger partial charge is 0.157 e. The molecule has 0 aliphatic heterocycles. The van der Waals surface area contributed by atoms with Gasteiger partial charge in [-0.15, -0.1) is 11.3 Å². The summed E-state index contributed by atoms with van der Waals surface area (Å²) in [4.78, 5) is 9.75. The number of nitrogens with one attached hydrogen (secondary N) is 1.